The number of rotatable bonds is 0. The minimum Gasteiger partial charge on any atom is -0.366 e. The van der Waals surface area contributed by atoms with Crippen molar-refractivity contribution < 1.29 is 0 Å². The van der Waals surface area contributed by atoms with Gasteiger partial charge in [0.1, 0.15) is 6.34 Å². The predicted molar refractivity (Wildman–Crippen MR) is 48.2 cm³/mol. The predicted octanol–water partition coefficient (Wildman–Crippen LogP) is 2.08. The Kier molecular flexibility index (Phi) is 0.913. The molecule has 1 N–H and O–H groups in total. The van der Waals surface area contributed by atoms with Crippen LogP contribution in [0, 0.1) is 0 Å². The van der Waals surface area contributed by atoms with Crippen LogP contribution < -0.4 is 5.32 Å². The zero-order valence-electron chi connectivity index (χ0n) is 6.28. The molecule has 1 aliphatic heterocycles. The number of aliphatic imine (C=N–C) groups is 1. The maximum atomic E-state index is 4.19. The van der Waals surface area contributed by atoms with Crippen molar-refractivity contribution in [2.45, 2.75) is 0 Å². The van der Waals surface area contributed by atoms with Crippen LogP contribution in [0.5, 0.6) is 0 Å². The molecule has 1 aliphatic rings. The van der Waals surface area contributed by atoms with Crippen molar-refractivity contribution in [3.8, 4) is 0 Å². The molecular weight excluding hydrogens is 150 g/mol. The molecular formula is C9H6N3. The van der Waals surface area contributed by atoms with E-state index in [0.29, 0.717) is 0 Å². The highest BCUT2D eigenvalue weighted by atomic mass is 15.0. The summed E-state index contributed by atoms with van der Waals surface area (Å²) in [6.45, 7) is 0. The molecule has 12 heavy (non-hydrogen) atoms. The quantitative estimate of drug-likeness (QED) is 0.606. The van der Waals surface area contributed by atoms with Crippen molar-refractivity contribution in [1.82, 2.24) is 10.3 Å². The highest BCUT2D eigenvalue weighted by molar-refractivity contribution is 6.02. The van der Waals surface area contributed by atoms with E-state index in [1.54, 1.807) is 6.34 Å². The van der Waals surface area contributed by atoms with Crippen LogP contribution in [0.4, 0.5) is 11.4 Å². The third-order valence-electron chi connectivity index (χ3n) is 2.08. The van der Waals surface area contributed by atoms with E-state index in [1.165, 1.54) is 5.39 Å². The highest BCUT2D eigenvalue weighted by Crippen LogP contribution is 2.35. The van der Waals surface area contributed by atoms with Crippen molar-refractivity contribution in [2.24, 2.45) is 4.99 Å². The molecule has 2 aromatic rings. The Balaban J connectivity index is 2.49. The lowest BCUT2D eigenvalue weighted by atomic mass is 10.2. The molecule has 3 rings (SSSR count). The maximum Gasteiger partial charge on any atom is 0.116 e. The standard InChI is InChI=1S/C9H6N3/c1-2-8-9(12-5-11-8)7-4-10-3-6(1)7/h1-5,10H. The SMILES string of the molecule is C1=Nc2ccc3c[nH]cc3c2[N]1. The van der Waals surface area contributed by atoms with E-state index in [0.717, 1.165) is 16.8 Å². The topological polar surface area (TPSA) is 42.2 Å². The number of aromatic nitrogens is 1. The molecule has 0 saturated heterocycles. The second kappa shape index (κ2) is 1.88. The van der Waals surface area contributed by atoms with Gasteiger partial charge in [-0.25, -0.2) is 10.3 Å². The van der Waals surface area contributed by atoms with Gasteiger partial charge < -0.3 is 4.98 Å². The average molecular weight is 156 g/mol. The number of hydrogen-bond donors (Lipinski definition) is 1. The first-order valence-electron chi connectivity index (χ1n) is 3.78. The van der Waals surface area contributed by atoms with Crippen LogP contribution in [0.15, 0.2) is 29.5 Å². The highest BCUT2D eigenvalue weighted by Gasteiger charge is 2.11. The molecule has 0 atom stereocenters. The largest absolute Gasteiger partial charge is 0.366 e. The number of nitrogens with one attached hydrogen (secondary N) is 1. The molecule has 0 unspecified atom stereocenters. The van der Waals surface area contributed by atoms with E-state index in [4.69, 9.17) is 0 Å². The van der Waals surface area contributed by atoms with E-state index >= 15 is 0 Å². The molecule has 3 heteroatoms. The van der Waals surface area contributed by atoms with Gasteiger partial charge in [-0.15, -0.1) is 0 Å². The summed E-state index contributed by atoms with van der Waals surface area (Å²) < 4.78 is 0. The average Bonchev–Trinajstić information content (AvgIpc) is 2.71. The molecule has 0 bridgehead atoms. The fourth-order valence-electron chi connectivity index (χ4n) is 1.49. The molecule has 0 fully saturated rings. The Morgan fingerprint density at radius 1 is 1.17 bits per heavy atom. The molecule has 0 aliphatic carbocycles. The monoisotopic (exact) mass is 156 g/mol. The first kappa shape index (κ1) is 5.83. The van der Waals surface area contributed by atoms with Gasteiger partial charge in [-0.2, -0.15) is 0 Å². The zero-order chi connectivity index (χ0) is 7.97. The lowest BCUT2D eigenvalue weighted by Crippen LogP contribution is -1.85. The van der Waals surface area contributed by atoms with Gasteiger partial charge in [-0.1, -0.05) is 6.07 Å². The molecule has 0 amide bonds. The lowest BCUT2D eigenvalue weighted by Gasteiger charge is -1.96. The summed E-state index contributed by atoms with van der Waals surface area (Å²) in [6.07, 6.45) is 5.51. The van der Waals surface area contributed by atoms with E-state index in [2.05, 4.69) is 15.3 Å². The van der Waals surface area contributed by atoms with Crippen LogP contribution in [0.3, 0.4) is 0 Å². The van der Waals surface area contributed by atoms with Gasteiger partial charge in [0.2, 0.25) is 0 Å². The van der Waals surface area contributed by atoms with Gasteiger partial charge in [-0.05, 0) is 6.07 Å². The van der Waals surface area contributed by atoms with Gasteiger partial charge in [0.25, 0.3) is 0 Å². The van der Waals surface area contributed by atoms with Crippen LogP contribution in [-0.4, -0.2) is 11.3 Å². The summed E-state index contributed by atoms with van der Waals surface area (Å²) in [4.78, 5) is 7.18. The summed E-state index contributed by atoms with van der Waals surface area (Å²) in [6, 6.07) is 4.03. The van der Waals surface area contributed by atoms with Gasteiger partial charge in [0.15, 0.2) is 0 Å². The zero-order valence-corrected chi connectivity index (χ0v) is 6.28. The molecule has 1 radical (unpaired) electrons. The molecule has 1 aromatic carbocycles. The maximum absolute atomic E-state index is 4.19. The molecule has 57 valence electrons. The third-order valence-corrected chi connectivity index (χ3v) is 2.08. The Morgan fingerprint density at radius 3 is 3.17 bits per heavy atom. The summed E-state index contributed by atoms with van der Waals surface area (Å²) >= 11 is 0. The molecule has 1 aromatic heterocycles. The van der Waals surface area contributed by atoms with Crippen LogP contribution >= 0.6 is 0 Å². The minimum atomic E-state index is 0.960. The summed E-state index contributed by atoms with van der Waals surface area (Å²) in [7, 11) is 0. The molecule has 3 nitrogen and oxygen atoms in total. The Morgan fingerprint density at radius 2 is 2.17 bits per heavy atom. The lowest BCUT2D eigenvalue weighted by molar-refractivity contribution is 1.37. The number of fused-ring (bicyclic) bond motifs is 3. The van der Waals surface area contributed by atoms with Crippen molar-refractivity contribution >= 4 is 28.5 Å². The van der Waals surface area contributed by atoms with Crippen LogP contribution in [-0.2, 0) is 0 Å². The van der Waals surface area contributed by atoms with Gasteiger partial charge in [0, 0.05) is 23.2 Å². The van der Waals surface area contributed by atoms with Gasteiger partial charge in [-0.3, -0.25) is 0 Å². The Labute approximate surface area is 69.1 Å². The van der Waals surface area contributed by atoms with Crippen LogP contribution in [0.25, 0.3) is 10.8 Å². The minimum absolute atomic E-state index is 0.960. The first-order chi connectivity index (χ1) is 5.95. The van der Waals surface area contributed by atoms with Crippen molar-refractivity contribution in [3.63, 3.8) is 0 Å². The number of benzene rings is 1. The van der Waals surface area contributed by atoms with E-state index < -0.39 is 0 Å². The Bertz CT molecular complexity index is 468. The van der Waals surface area contributed by atoms with E-state index in [-0.39, 0.29) is 0 Å². The fraction of sp³-hybridized carbons (Fsp3) is 0. The normalized spacial score (nSPS) is 13.3. The second-order valence-corrected chi connectivity index (χ2v) is 2.77. The molecule has 2 heterocycles. The molecule has 0 saturated carbocycles. The number of hydrogen-bond acceptors (Lipinski definition) is 1. The van der Waals surface area contributed by atoms with Gasteiger partial charge in [0.05, 0.1) is 11.4 Å². The third kappa shape index (κ3) is 0.580. The number of nitrogens with zero attached hydrogens (tertiary/aromatic N) is 2. The molecule has 0 spiro atoms. The van der Waals surface area contributed by atoms with Gasteiger partial charge >= 0.3 is 0 Å². The van der Waals surface area contributed by atoms with Crippen LogP contribution in [0.1, 0.15) is 0 Å². The van der Waals surface area contributed by atoms with Crippen LogP contribution in [0.2, 0.25) is 0 Å². The van der Waals surface area contributed by atoms with Crippen molar-refractivity contribution in [2.75, 3.05) is 0 Å². The second-order valence-electron chi connectivity index (χ2n) is 2.77. The van der Waals surface area contributed by atoms with E-state index in [9.17, 15) is 0 Å². The summed E-state index contributed by atoms with van der Waals surface area (Å²) in [5.74, 6) is 0. The van der Waals surface area contributed by atoms with Crippen molar-refractivity contribution in [1.29, 1.82) is 0 Å². The fourth-order valence-corrected chi connectivity index (χ4v) is 1.49. The summed E-state index contributed by atoms with van der Waals surface area (Å²) in [5, 5.41) is 6.51. The van der Waals surface area contributed by atoms with E-state index in [1.807, 2.05) is 24.5 Å². The number of aromatic amines is 1. The first-order valence-corrected chi connectivity index (χ1v) is 3.78. The summed E-state index contributed by atoms with van der Waals surface area (Å²) in [5.41, 5.74) is 1.94. The number of H-pyrrole nitrogens is 1. The smallest absolute Gasteiger partial charge is 0.116 e. The Hall–Kier alpha value is -1.77. The van der Waals surface area contributed by atoms with Crippen molar-refractivity contribution in [3.05, 3.63) is 24.5 Å².